The van der Waals surface area contributed by atoms with Crippen molar-refractivity contribution in [1.29, 1.82) is 0 Å². The molecule has 0 radical (unpaired) electrons. The predicted molar refractivity (Wildman–Crippen MR) is 62.0 cm³/mol. The Labute approximate surface area is 94.5 Å². The number of hydrogen-bond donors (Lipinski definition) is 1. The van der Waals surface area contributed by atoms with Crippen molar-refractivity contribution < 1.29 is 9.53 Å². The lowest BCUT2D eigenvalue weighted by molar-refractivity contribution is -0.141. The first kappa shape index (κ1) is 12.2. The van der Waals surface area contributed by atoms with Crippen molar-refractivity contribution in [2.75, 3.05) is 7.11 Å². The van der Waals surface area contributed by atoms with Crippen LogP contribution in [0.1, 0.15) is 31.2 Å². The van der Waals surface area contributed by atoms with Crippen LogP contribution in [0.5, 0.6) is 0 Å². The molecule has 1 atom stereocenters. The highest BCUT2D eigenvalue weighted by molar-refractivity contribution is 7.10. The third-order valence-corrected chi connectivity index (χ3v) is 3.01. The van der Waals surface area contributed by atoms with Crippen molar-refractivity contribution in [3.63, 3.8) is 0 Å². The quantitative estimate of drug-likeness (QED) is 0.785. The fourth-order valence-corrected chi connectivity index (χ4v) is 2.17. The average Bonchev–Trinajstić information content (AvgIpc) is 2.68. The molecule has 0 aliphatic carbocycles. The smallest absolute Gasteiger partial charge is 0.307 e. The molecule has 1 rings (SSSR count). The van der Waals surface area contributed by atoms with Gasteiger partial charge in [-0.25, -0.2) is 0 Å². The number of methoxy groups -OCH3 is 1. The van der Waals surface area contributed by atoms with Gasteiger partial charge >= 0.3 is 5.97 Å². The molecule has 0 saturated heterocycles. The summed E-state index contributed by atoms with van der Waals surface area (Å²) in [6.45, 7) is 4.13. The first-order valence-electron chi connectivity index (χ1n) is 4.99. The fourth-order valence-electron chi connectivity index (χ4n) is 1.38. The minimum Gasteiger partial charge on any atom is -0.469 e. The van der Waals surface area contributed by atoms with E-state index >= 15 is 0 Å². The highest BCUT2D eigenvalue weighted by Crippen LogP contribution is 2.22. The van der Waals surface area contributed by atoms with Gasteiger partial charge in [-0.15, -0.1) is 11.3 Å². The Hall–Kier alpha value is -0.870. The molecule has 3 nitrogen and oxygen atoms in total. The summed E-state index contributed by atoms with van der Waals surface area (Å²) in [4.78, 5) is 12.4. The summed E-state index contributed by atoms with van der Waals surface area (Å²) < 4.78 is 4.69. The van der Waals surface area contributed by atoms with E-state index in [0.717, 1.165) is 0 Å². The molecule has 1 N–H and O–H groups in total. The molecule has 1 aromatic heterocycles. The molecule has 1 heterocycles. The van der Waals surface area contributed by atoms with Gasteiger partial charge in [-0.1, -0.05) is 19.9 Å². The Bertz CT molecular complexity index is 296. The van der Waals surface area contributed by atoms with Gasteiger partial charge in [0.2, 0.25) is 0 Å². The molecular weight excluding hydrogens is 210 g/mol. The van der Waals surface area contributed by atoms with Gasteiger partial charge in [0.1, 0.15) is 0 Å². The molecule has 0 aliphatic heterocycles. The number of rotatable bonds is 5. The SMILES string of the molecule is COC(=O)CC(NC(C)C)c1cccs1. The summed E-state index contributed by atoms with van der Waals surface area (Å²) in [5.74, 6) is -0.179. The van der Waals surface area contributed by atoms with Crippen LogP contribution in [0.3, 0.4) is 0 Å². The topological polar surface area (TPSA) is 38.3 Å². The standard InChI is InChI=1S/C11H17NO2S/c1-8(2)12-9(7-11(13)14-3)10-5-4-6-15-10/h4-6,8-9,12H,7H2,1-3H3. The van der Waals surface area contributed by atoms with E-state index in [1.807, 2.05) is 17.5 Å². The Morgan fingerprint density at radius 3 is 2.80 bits per heavy atom. The predicted octanol–water partition coefficient (Wildman–Crippen LogP) is 2.35. The van der Waals surface area contributed by atoms with E-state index in [1.54, 1.807) is 11.3 Å². The van der Waals surface area contributed by atoms with Crippen molar-refractivity contribution in [3.05, 3.63) is 22.4 Å². The molecule has 0 amide bonds. The largest absolute Gasteiger partial charge is 0.469 e. The van der Waals surface area contributed by atoms with E-state index in [4.69, 9.17) is 0 Å². The lowest BCUT2D eigenvalue weighted by atomic mass is 10.1. The van der Waals surface area contributed by atoms with Crippen LogP contribution in [0.4, 0.5) is 0 Å². The summed E-state index contributed by atoms with van der Waals surface area (Å²) in [5.41, 5.74) is 0. The molecule has 1 aromatic rings. The molecule has 0 fully saturated rings. The van der Waals surface area contributed by atoms with Crippen LogP contribution in [0.25, 0.3) is 0 Å². The normalized spacial score (nSPS) is 12.8. The number of thiophene rings is 1. The van der Waals surface area contributed by atoms with Gasteiger partial charge in [-0.3, -0.25) is 4.79 Å². The Balaban J connectivity index is 2.65. The second kappa shape index (κ2) is 5.88. The van der Waals surface area contributed by atoms with Gasteiger partial charge in [0.25, 0.3) is 0 Å². The summed E-state index contributed by atoms with van der Waals surface area (Å²) in [6, 6.07) is 4.44. The van der Waals surface area contributed by atoms with Gasteiger partial charge in [-0.2, -0.15) is 0 Å². The van der Waals surface area contributed by atoms with E-state index in [2.05, 4.69) is 23.9 Å². The second-order valence-corrected chi connectivity index (χ2v) is 4.65. The minimum absolute atomic E-state index is 0.0671. The van der Waals surface area contributed by atoms with Crippen LogP contribution in [-0.4, -0.2) is 19.1 Å². The van der Waals surface area contributed by atoms with Crippen molar-refractivity contribution in [3.8, 4) is 0 Å². The van der Waals surface area contributed by atoms with Gasteiger partial charge in [-0.05, 0) is 11.4 Å². The number of ether oxygens (including phenoxy) is 1. The lowest BCUT2D eigenvalue weighted by Gasteiger charge is -2.18. The first-order valence-corrected chi connectivity index (χ1v) is 5.87. The fraction of sp³-hybridized carbons (Fsp3) is 0.545. The van der Waals surface area contributed by atoms with E-state index in [1.165, 1.54) is 12.0 Å². The number of carbonyl (C=O) groups is 1. The Morgan fingerprint density at radius 1 is 1.60 bits per heavy atom. The zero-order valence-electron chi connectivity index (χ0n) is 9.32. The number of carbonyl (C=O) groups excluding carboxylic acids is 1. The summed E-state index contributed by atoms with van der Waals surface area (Å²) in [5, 5.41) is 5.37. The third-order valence-electron chi connectivity index (χ3n) is 2.02. The van der Waals surface area contributed by atoms with Gasteiger partial charge in [0.15, 0.2) is 0 Å². The van der Waals surface area contributed by atoms with Crippen LogP contribution < -0.4 is 5.32 Å². The monoisotopic (exact) mass is 227 g/mol. The number of nitrogens with one attached hydrogen (secondary N) is 1. The molecule has 84 valence electrons. The summed E-state index contributed by atoms with van der Waals surface area (Å²) >= 11 is 1.66. The van der Waals surface area contributed by atoms with Crippen LogP contribution in [0, 0.1) is 0 Å². The maximum atomic E-state index is 11.2. The van der Waals surface area contributed by atoms with Crippen LogP contribution in [0.2, 0.25) is 0 Å². The highest BCUT2D eigenvalue weighted by Gasteiger charge is 2.17. The molecule has 0 spiro atoms. The van der Waals surface area contributed by atoms with E-state index in [-0.39, 0.29) is 12.0 Å². The van der Waals surface area contributed by atoms with Crippen molar-refractivity contribution in [2.24, 2.45) is 0 Å². The zero-order chi connectivity index (χ0) is 11.3. The van der Waals surface area contributed by atoms with Gasteiger partial charge in [0.05, 0.1) is 19.6 Å². The molecule has 0 aliphatic rings. The third kappa shape index (κ3) is 4.01. The molecule has 0 saturated carbocycles. The Morgan fingerprint density at radius 2 is 2.33 bits per heavy atom. The van der Waals surface area contributed by atoms with Gasteiger partial charge < -0.3 is 10.1 Å². The molecular formula is C11H17NO2S. The van der Waals surface area contributed by atoms with Crippen molar-refractivity contribution >= 4 is 17.3 Å². The molecule has 1 unspecified atom stereocenters. The maximum absolute atomic E-state index is 11.2. The van der Waals surface area contributed by atoms with Crippen LogP contribution in [-0.2, 0) is 9.53 Å². The van der Waals surface area contributed by atoms with Crippen molar-refractivity contribution in [2.45, 2.75) is 32.4 Å². The molecule has 0 aromatic carbocycles. The maximum Gasteiger partial charge on any atom is 0.307 e. The zero-order valence-corrected chi connectivity index (χ0v) is 10.1. The minimum atomic E-state index is -0.179. The van der Waals surface area contributed by atoms with Gasteiger partial charge in [0, 0.05) is 10.9 Å². The highest BCUT2D eigenvalue weighted by atomic mass is 32.1. The average molecular weight is 227 g/mol. The summed E-state index contributed by atoms with van der Waals surface area (Å²) in [7, 11) is 1.42. The van der Waals surface area contributed by atoms with E-state index in [0.29, 0.717) is 12.5 Å². The first-order chi connectivity index (χ1) is 7.13. The van der Waals surface area contributed by atoms with Crippen LogP contribution >= 0.6 is 11.3 Å². The lowest BCUT2D eigenvalue weighted by Crippen LogP contribution is -2.29. The summed E-state index contributed by atoms with van der Waals surface area (Å²) in [6.07, 6.45) is 0.384. The van der Waals surface area contributed by atoms with E-state index in [9.17, 15) is 4.79 Å². The molecule has 15 heavy (non-hydrogen) atoms. The van der Waals surface area contributed by atoms with Crippen LogP contribution in [0.15, 0.2) is 17.5 Å². The molecule has 0 bridgehead atoms. The Kier molecular flexibility index (Phi) is 4.78. The number of esters is 1. The number of hydrogen-bond acceptors (Lipinski definition) is 4. The van der Waals surface area contributed by atoms with E-state index < -0.39 is 0 Å². The molecule has 4 heteroatoms. The van der Waals surface area contributed by atoms with Crippen molar-refractivity contribution in [1.82, 2.24) is 5.32 Å². The second-order valence-electron chi connectivity index (χ2n) is 3.67.